The number of carbonyl (C=O) groups is 3. The highest BCUT2D eigenvalue weighted by Gasteiger charge is 2.63. The average molecular weight is 627 g/mol. The van der Waals surface area contributed by atoms with Crippen molar-refractivity contribution >= 4 is 33.7 Å². The van der Waals surface area contributed by atoms with Crippen molar-refractivity contribution in [1.29, 1.82) is 5.26 Å². The maximum absolute atomic E-state index is 15.3. The number of nitrogens with zero attached hydrogens (tertiary/aromatic N) is 2. The summed E-state index contributed by atoms with van der Waals surface area (Å²) < 4.78 is 31.2. The molecule has 2 aliphatic carbocycles. The first-order chi connectivity index (χ1) is 19.6. The number of halogens is 3. The van der Waals surface area contributed by atoms with Crippen LogP contribution in [0.5, 0.6) is 0 Å². The monoisotopic (exact) mass is 626 g/mol. The molecule has 0 unspecified atom stereocenters. The van der Waals surface area contributed by atoms with E-state index in [2.05, 4.69) is 26.6 Å². The number of hydrogen-bond acceptors (Lipinski definition) is 5. The van der Waals surface area contributed by atoms with Gasteiger partial charge in [-0.2, -0.15) is 5.26 Å². The van der Waals surface area contributed by atoms with Gasteiger partial charge in [0.15, 0.2) is 5.60 Å². The third kappa shape index (κ3) is 4.43. The van der Waals surface area contributed by atoms with Crippen LogP contribution in [0, 0.1) is 23.2 Å². The molecule has 0 spiro atoms. The molecular weight excluding hydrogens is 598 g/mol. The molecule has 3 saturated heterocycles. The first-order valence-electron chi connectivity index (χ1n) is 13.9. The molecule has 1 saturated carbocycles. The van der Waals surface area contributed by atoms with Gasteiger partial charge in [-0.05, 0) is 55.4 Å². The van der Waals surface area contributed by atoms with E-state index >= 15 is 8.78 Å². The SMILES string of the molecule is N#C[C@@H](C[C@H]1CCCNC1=O)NC(=O)[C@H]1[C@H]2CC[C@H](CC2(F)F)N1C(=O)[C@@]1(O)c2ccccc2-c2ccc(Br)cc21. The van der Waals surface area contributed by atoms with Crippen molar-refractivity contribution < 1.29 is 28.3 Å². The maximum atomic E-state index is 15.3. The topological polar surface area (TPSA) is 123 Å². The Bertz CT molecular complexity index is 1480. The number of aliphatic hydroxyl groups is 1. The van der Waals surface area contributed by atoms with E-state index in [-0.39, 0.29) is 25.2 Å². The highest BCUT2D eigenvalue weighted by atomic mass is 79.9. The van der Waals surface area contributed by atoms with Crippen molar-refractivity contribution in [3.63, 3.8) is 0 Å². The van der Waals surface area contributed by atoms with Crippen LogP contribution in [-0.4, -0.2) is 58.3 Å². The number of fused-ring (bicyclic) bond motifs is 6. The Morgan fingerprint density at radius 3 is 2.66 bits per heavy atom. The molecule has 214 valence electrons. The Labute approximate surface area is 244 Å². The van der Waals surface area contributed by atoms with Gasteiger partial charge in [0.05, 0.1) is 12.0 Å². The van der Waals surface area contributed by atoms with Gasteiger partial charge in [0.25, 0.3) is 11.8 Å². The van der Waals surface area contributed by atoms with Crippen LogP contribution in [0.25, 0.3) is 11.1 Å². The number of rotatable bonds is 5. The zero-order chi connectivity index (χ0) is 29.1. The highest BCUT2D eigenvalue weighted by Crippen LogP contribution is 2.54. The molecule has 3 aliphatic heterocycles. The van der Waals surface area contributed by atoms with E-state index in [1.165, 1.54) is 0 Å². The normalized spacial score (nSPS) is 30.0. The van der Waals surface area contributed by atoms with Crippen molar-refractivity contribution in [2.45, 2.75) is 68.2 Å². The lowest BCUT2D eigenvalue weighted by atomic mass is 9.70. The predicted molar refractivity (Wildman–Crippen MR) is 147 cm³/mol. The van der Waals surface area contributed by atoms with Gasteiger partial charge in [0, 0.05) is 40.5 Å². The fourth-order valence-electron chi connectivity index (χ4n) is 7.19. The quantitative estimate of drug-likeness (QED) is 0.468. The molecule has 3 N–H and O–H groups in total. The molecule has 4 fully saturated rings. The average Bonchev–Trinajstić information content (AvgIpc) is 3.21. The minimum absolute atomic E-state index is 0.0267. The predicted octanol–water partition coefficient (Wildman–Crippen LogP) is 3.60. The van der Waals surface area contributed by atoms with Crippen molar-refractivity contribution in [1.82, 2.24) is 15.5 Å². The molecular formula is C30H29BrF2N4O4. The van der Waals surface area contributed by atoms with Crippen molar-refractivity contribution in [3.05, 3.63) is 58.1 Å². The van der Waals surface area contributed by atoms with Gasteiger partial charge in [0.2, 0.25) is 11.8 Å². The number of nitriles is 1. The molecule has 2 aromatic rings. The molecule has 6 atom stereocenters. The first-order valence-corrected chi connectivity index (χ1v) is 14.7. The van der Waals surface area contributed by atoms with E-state index in [9.17, 15) is 24.8 Å². The third-order valence-corrected chi connectivity index (χ3v) is 9.61. The third-order valence-electron chi connectivity index (χ3n) is 9.12. The second kappa shape index (κ2) is 10.2. The van der Waals surface area contributed by atoms with Gasteiger partial charge in [-0.25, -0.2) is 8.78 Å². The van der Waals surface area contributed by atoms with E-state index in [0.717, 1.165) is 11.3 Å². The standard InChI is InChI=1S/C30H29BrF2N4O4/c31-17-7-9-21-20-5-1-2-6-22(20)30(41,24(21)13-17)28(40)37-19-8-10-23(29(32,33)14-19)25(37)27(39)36-18(15-34)12-16-4-3-11-35-26(16)38/h1-2,5-7,9,13,16,18-19,23,25,41H,3-4,8,10-12,14H2,(H,35,38)(H,36,39)/t16-,18-,19-,23-,25-,30-/m1/s1. The second-order valence-electron chi connectivity index (χ2n) is 11.5. The lowest BCUT2D eigenvalue weighted by Crippen LogP contribution is -2.70. The summed E-state index contributed by atoms with van der Waals surface area (Å²) in [7, 11) is 0. The van der Waals surface area contributed by atoms with Crippen molar-refractivity contribution in [2.75, 3.05) is 6.54 Å². The first kappa shape index (κ1) is 27.8. The molecule has 2 bridgehead atoms. The van der Waals surface area contributed by atoms with Crippen LogP contribution < -0.4 is 10.6 Å². The molecule has 8 nitrogen and oxygen atoms in total. The van der Waals surface area contributed by atoms with Crippen LogP contribution in [-0.2, 0) is 20.0 Å². The van der Waals surface area contributed by atoms with Crippen LogP contribution in [0.15, 0.2) is 46.9 Å². The summed E-state index contributed by atoms with van der Waals surface area (Å²) in [6.45, 7) is 0.544. The van der Waals surface area contributed by atoms with Gasteiger partial charge in [-0.1, -0.05) is 46.3 Å². The summed E-state index contributed by atoms with van der Waals surface area (Å²) >= 11 is 3.41. The Morgan fingerprint density at radius 2 is 1.93 bits per heavy atom. The summed E-state index contributed by atoms with van der Waals surface area (Å²) in [5, 5.41) is 27.3. The van der Waals surface area contributed by atoms with Crippen LogP contribution in [0.1, 0.15) is 49.7 Å². The van der Waals surface area contributed by atoms with Crippen molar-refractivity contribution in [2.24, 2.45) is 11.8 Å². The van der Waals surface area contributed by atoms with E-state index in [1.807, 2.05) is 6.07 Å². The van der Waals surface area contributed by atoms with E-state index < -0.39 is 59.7 Å². The zero-order valence-corrected chi connectivity index (χ0v) is 23.7. The molecule has 3 heterocycles. The Hall–Kier alpha value is -3.36. The number of benzene rings is 2. The number of piperidine rings is 3. The minimum atomic E-state index is -3.20. The van der Waals surface area contributed by atoms with Crippen LogP contribution >= 0.6 is 15.9 Å². The van der Waals surface area contributed by atoms with Crippen LogP contribution in [0.2, 0.25) is 0 Å². The summed E-state index contributed by atoms with van der Waals surface area (Å²) in [6.07, 6.45) is 1.01. The number of carbonyl (C=O) groups excluding carboxylic acids is 3. The number of hydrogen-bond donors (Lipinski definition) is 3. The van der Waals surface area contributed by atoms with Gasteiger partial charge >= 0.3 is 0 Å². The van der Waals surface area contributed by atoms with Crippen molar-refractivity contribution in [3.8, 4) is 17.2 Å². The molecule has 5 aliphatic rings. The molecule has 0 radical (unpaired) electrons. The smallest absolute Gasteiger partial charge is 0.264 e. The lowest BCUT2D eigenvalue weighted by molar-refractivity contribution is -0.201. The molecule has 11 heteroatoms. The van der Waals surface area contributed by atoms with Gasteiger partial charge in [0.1, 0.15) is 12.1 Å². The Morgan fingerprint density at radius 1 is 1.17 bits per heavy atom. The zero-order valence-electron chi connectivity index (χ0n) is 22.1. The van der Waals surface area contributed by atoms with Gasteiger partial charge in [-0.15, -0.1) is 0 Å². The summed E-state index contributed by atoms with van der Waals surface area (Å²) in [6, 6.07) is 10.4. The summed E-state index contributed by atoms with van der Waals surface area (Å²) in [5.41, 5.74) is -0.277. The van der Waals surface area contributed by atoms with E-state index in [1.54, 1.807) is 42.5 Å². The fourth-order valence-corrected chi connectivity index (χ4v) is 7.55. The van der Waals surface area contributed by atoms with E-state index in [0.29, 0.717) is 39.7 Å². The van der Waals surface area contributed by atoms with E-state index in [4.69, 9.17) is 0 Å². The fraction of sp³-hybridized carbons (Fsp3) is 0.467. The summed E-state index contributed by atoms with van der Waals surface area (Å²) in [4.78, 5) is 41.7. The Kier molecular flexibility index (Phi) is 6.90. The minimum Gasteiger partial charge on any atom is -0.372 e. The highest BCUT2D eigenvalue weighted by molar-refractivity contribution is 9.10. The van der Waals surface area contributed by atoms with Crippen LogP contribution in [0.3, 0.4) is 0 Å². The molecule has 0 aromatic heterocycles. The second-order valence-corrected chi connectivity index (χ2v) is 12.4. The number of alkyl halides is 2. The van der Waals surface area contributed by atoms with Gasteiger partial charge in [-0.3, -0.25) is 14.4 Å². The molecule has 2 aromatic carbocycles. The molecule has 3 amide bonds. The van der Waals surface area contributed by atoms with Crippen LogP contribution in [0.4, 0.5) is 8.78 Å². The Balaban J connectivity index is 1.36. The lowest BCUT2D eigenvalue weighted by Gasteiger charge is -2.54. The molecule has 7 rings (SSSR count). The maximum Gasteiger partial charge on any atom is 0.264 e. The number of amides is 3. The number of nitrogens with one attached hydrogen (secondary N) is 2. The van der Waals surface area contributed by atoms with Gasteiger partial charge < -0.3 is 20.6 Å². The molecule has 41 heavy (non-hydrogen) atoms. The largest absolute Gasteiger partial charge is 0.372 e. The summed E-state index contributed by atoms with van der Waals surface area (Å²) in [5.74, 6) is -7.09.